The summed E-state index contributed by atoms with van der Waals surface area (Å²) >= 11 is 22.2. The summed E-state index contributed by atoms with van der Waals surface area (Å²) in [7, 11) is 0. The number of hydrogen-bond acceptors (Lipinski definition) is 2. The summed E-state index contributed by atoms with van der Waals surface area (Å²) in [6.45, 7) is 2.07. The monoisotopic (exact) mass is 556 g/mol. The summed E-state index contributed by atoms with van der Waals surface area (Å²) in [5.41, 5.74) is 4.93. The van der Waals surface area contributed by atoms with Crippen molar-refractivity contribution in [2.75, 3.05) is 4.90 Å². The van der Waals surface area contributed by atoms with E-state index in [2.05, 4.69) is 60.8 Å². The highest BCUT2D eigenvalue weighted by molar-refractivity contribution is 9.10. The number of hydrogen-bond donors (Lipinski definition) is 1. The highest BCUT2D eigenvalue weighted by Crippen LogP contribution is 2.43. The van der Waals surface area contributed by atoms with E-state index in [9.17, 15) is 0 Å². The molecule has 4 nitrogen and oxygen atoms in total. The van der Waals surface area contributed by atoms with Crippen LogP contribution >= 0.6 is 51.3 Å². The first-order chi connectivity index (χ1) is 15.9. The van der Waals surface area contributed by atoms with E-state index < -0.39 is 0 Å². The summed E-state index contributed by atoms with van der Waals surface area (Å²) < 4.78 is 3.15. The smallest absolute Gasteiger partial charge is 0.174 e. The molecule has 0 unspecified atom stereocenters. The van der Waals surface area contributed by atoms with Gasteiger partial charge in [0.25, 0.3) is 0 Å². The van der Waals surface area contributed by atoms with E-state index in [4.69, 9.17) is 35.4 Å². The molecule has 0 bridgehead atoms. The Morgan fingerprint density at radius 1 is 1.03 bits per heavy atom. The molecule has 3 heterocycles. The third kappa shape index (κ3) is 4.17. The van der Waals surface area contributed by atoms with Crippen LogP contribution in [0.1, 0.15) is 29.0 Å². The van der Waals surface area contributed by atoms with E-state index in [0.717, 1.165) is 32.8 Å². The molecule has 1 N–H and O–H groups in total. The number of pyridine rings is 1. The van der Waals surface area contributed by atoms with Crippen molar-refractivity contribution in [3.63, 3.8) is 0 Å². The number of nitrogens with zero attached hydrogens (tertiary/aromatic N) is 3. The topological polar surface area (TPSA) is 33.1 Å². The molecule has 5 rings (SSSR count). The second-order valence-electron chi connectivity index (χ2n) is 7.83. The molecular formula is C25H19BrCl2N4S. The third-order valence-corrected chi connectivity index (χ3v) is 7.51. The molecule has 1 saturated heterocycles. The normalized spacial score (nSPS) is 17.9. The van der Waals surface area contributed by atoms with Gasteiger partial charge in [0, 0.05) is 33.3 Å². The second kappa shape index (κ2) is 9.11. The van der Waals surface area contributed by atoms with Crippen LogP contribution in [0, 0.1) is 6.92 Å². The van der Waals surface area contributed by atoms with Crippen LogP contribution in [0.2, 0.25) is 10.0 Å². The molecule has 4 aromatic rings. The van der Waals surface area contributed by atoms with Crippen LogP contribution in [0.5, 0.6) is 0 Å². The predicted molar refractivity (Wildman–Crippen MR) is 143 cm³/mol. The van der Waals surface area contributed by atoms with Crippen LogP contribution in [-0.2, 0) is 0 Å². The molecule has 166 valence electrons. The summed E-state index contributed by atoms with van der Waals surface area (Å²) in [5.74, 6) is 0. The number of benzene rings is 2. The minimum atomic E-state index is -0.158. The second-order valence-corrected chi connectivity index (χ2v) is 9.91. The highest BCUT2D eigenvalue weighted by Gasteiger charge is 2.42. The van der Waals surface area contributed by atoms with Gasteiger partial charge in [-0.25, -0.2) is 0 Å². The van der Waals surface area contributed by atoms with Gasteiger partial charge in [0.1, 0.15) is 6.04 Å². The molecule has 2 atom stereocenters. The maximum atomic E-state index is 6.60. The maximum absolute atomic E-state index is 6.60. The zero-order valence-electron chi connectivity index (χ0n) is 17.5. The predicted octanol–water partition coefficient (Wildman–Crippen LogP) is 7.43. The van der Waals surface area contributed by atoms with Gasteiger partial charge in [-0.3, -0.25) is 4.98 Å². The van der Waals surface area contributed by atoms with Crippen molar-refractivity contribution in [3.8, 4) is 5.69 Å². The largest absolute Gasteiger partial charge is 0.351 e. The zero-order chi connectivity index (χ0) is 23.1. The molecular weight excluding hydrogens is 539 g/mol. The van der Waals surface area contributed by atoms with Crippen LogP contribution < -0.4 is 10.2 Å². The Labute approximate surface area is 216 Å². The van der Waals surface area contributed by atoms with E-state index in [1.54, 1.807) is 12.3 Å². The summed E-state index contributed by atoms with van der Waals surface area (Å²) in [6, 6.07) is 21.5. The van der Waals surface area contributed by atoms with Crippen molar-refractivity contribution in [2.45, 2.75) is 19.0 Å². The molecule has 2 aromatic carbocycles. The molecule has 0 amide bonds. The van der Waals surface area contributed by atoms with Crippen molar-refractivity contribution in [1.82, 2.24) is 14.9 Å². The first-order valence-electron chi connectivity index (χ1n) is 10.3. The van der Waals surface area contributed by atoms with E-state index in [1.165, 1.54) is 0 Å². The van der Waals surface area contributed by atoms with Gasteiger partial charge < -0.3 is 14.8 Å². The van der Waals surface area contributed by atoms with Crippen molar-refractivity contribution in [1.29, 1.82) is 0 Å². The van der Waals surface area contributed by atoms with Gasteiger partial charge in [-0.1, -0.05) is 45.2 Å². The summed E-state index contributed by atoms with van der Waals surface area (Å²) in [4.78, 5) is 6.79. The van der Waals surface area contributed by atoms with Crippen LogP contribution in [-0.4, -0.2) is 14.7 Å². The third-order valence-electron chi connectivity index (χ3n) is 5.77. The lowest BCUT2D eigenvalue weighted by Crippen LogP contribution is -2.30. The summed E-state index contributed by atoms with van der Waals surface area (Å²) in [5, 5.41) is 5.33. The molecule has 0 aliphatic carbocycles. The molecule has 33 heavy (non-hydrogen) atoms. The standard InChI is InChI=1S/C25H19BrCl2N4S/c1-15-13-17(8-9-18(15)26)32-24(23(30-25(32)33)20-5-2-3-11-29-20)22-6-4-12-31(22)21-10-7-16(27)14-19(21)28/h2-14,23-24H,1H3,(H,30,33)/t23-,24-/m0/s1. The van der Waals surface area contributed by atoms with Crippen LogP contribution in [0.3, 0.4) is 0 Å². The van der Waals surface area contributed by atoms with Crippen molar-refractivity contribution < 1.29 is 0 Å². The van der Waals surface area contributed by atoms with Gasteiger partial charge in [0.15, 0.2) is 5.11 Å². The lowest BCUT2D eigenvalue weighted by atomic mass is 10.0. The van der Waals surface area contributed by atoms with Gasteiger partial charge in [-0.05, 0) is 85.4 Å². The van der Waals surface area contributed by atoms with E-state index in [1.807, 2.05) is 48.7 Å². The Morgan fingerprint density at radius 2 is 1.88 bits per heavy atom. The Hall–Kier alpha value is -2.38. The number of aryl methyl sites for hydroxylation is 1. The molecule has 0 radical (unpaired) electrons. The van der Waals surface area contributed by atoms with Gasteiger partial charge in [0.05, 0.1) is 22.4 Å². The van der Waals surface area contributed by atoms with Crippen LogP contribution in [0.25, 0.3) is 5.69 Å². The highest BCUT2D eigenvalue weighted by atomic mass is 79.9. The average Bonchev–Trinajstić information content (AvgIpc) is 3.40. The van der Waals surface area contributed by atoms with Gasteiger partial charge >= 0.3 is 0 Å². The van der Waals surface area contributed by atoms with Crippen molar-refractivity contribution in [3.05, 3.63) is 111 Å². The Bertz CT molecular complexity index is 1340. The first-order valence-corrected chi connectivity index (χ1v) is 12.3. The van der Waals surface area contributed by atoms with E-state index in [-0.39, 0.29) is 12.1 Å². The summed E-state index contributed by atoms with van der Waals surface area (Å²) in [6.07, 6.45) is 3.81. The SMILES string of the molecule is Cc1cc(N2C(=S)N[C@@H](c3ccccn3)[C@@H]2c2cccn2-c2ccc(Cl)cc2Cl)ccc1Br. The van der Waals surface area contributed by atoms with Gasteiger partial charge in [0.2, 0.25) is 0 Å². The number of rotatable bonds is 4. The number of aromatic nitrogens is 2. The lowest BCUT2D eigenvalue weighted by molar-refractivity contribution is 0.549. The lowest BCUT2D eigenvalue weighted by Gasteiger charge is -2.29. The minimum absolute atomic E-state index is 0.151. The molecule has 1 fully saturated rings. The van der Waals surface area contributed by atoms with Crippen LogP contribution in [0.4, 0.5) is 5.69 Å². The van der Waals surface area contributed by atoms with Gasteiger partial charge in [-0.2, -0.15) is 0 Å². The Morgan fingerprint density at radius 3 is 2.61 bits per heavy atom. The van der Waals surface area contributed by atoms with Crippen molar-refractivity contribution in [2.24, 2.45) is 0 Å². The fraction of sp³-hybridized carbons (Fsp3) is 0.120. The molecule has 1 aliphatic heterocycles. The number of thiocarbonyl (C=S) groups is 1. The number of anilines is 1. The van der Waals surface area contributed by atoms with Crippen LogP contribution in [0.15, 0.2) is 83.6 Å². The Balaban J connectivity index is 1.69. The molecule has 1 aliphatic rings. The first kappa shape index (κ1) is 22.4. The molecule has 8 heteroatoms. The zero-order valence-corrected chi connectivity index (χ0v) is 21.5. The fourth-order valence-corrected chi connectivity index (χ4v) is 5.34. The maximum Gasteiger partial charge on any atom is 0.174 e. The van der Waals surface area contributed by atoms with E-state index >= 15 is 0 Å². The van der Waals surface area contributed by atoms with E-state index in [0.29, 0.717) is 15.2 Å². The Kier molecular flexibility index (Phi) is 6.18. The minimum Gasteiger partial charge on any atom is -0.351 e. The molecule has 0 saturated carbocycles. The average molecular weight is 558 g/mol. The number of halogens is 3. The van der Waals surface area contributed by atoms with Crippen molar-refractivity contribution >= 4 is 62.1 Å². The quantitative estimate of drug-likeness (QED) is 0.264. The fourth-order valence-electron chi connectivity index (χ4n) is 4.24. The van der Waals surface area contributed by atoms with Gasteiger partial charge in [-0.15, -0.1) is 0 Å². The molecule has 0 spiro atoms. The molecule has 2 aromatic heterocycles. The number of nitrogens with one attached hydrogen (secondary N) is 1.